The van der Waals surface area contributed by atoms with Gasteiger partial charge in [-0.25, -0.2) is 0 Å². The molecule has 0 aliphatic heterocycles. The second kappa shape index (κ2) is 8.74. The minimum Gasteiger partial charge on any atom is -0.412 e. The van der Waals surface area contributed by atoms with Crippen molar-refractivity contribution in [2.45, 2.75) is 10.9 Å². The van der Waals surface area contributed by atoms with Crippen LogP contribution in [0, 0.1) is 0 Å². The van der Waals surface area contributed by atoms with Crippen molar-refractivity contribution in [1.29, 1.82) is 0 Å². The third kappa shape index (κ3) is 9.41. The molecule has 2 radical (unpaired) electrons. The SMILES string of the molecule is O.O=S(=O)(O)C(O)C(O)S(=O)(=O)O.[Na].[Na]. The van der Waals surface area contributed by atoms with E-state index in [2.05, 4.69) is 0 Å². The summed E-state index contributed by atoms with van der Waals surface area (Å²) < 4.78 is 56.0. The van der Waals surface area contributed by atoms with Gasteiger partial charge in [-0.2, -0.15) is 16.8 Å². The average molecular weight is 286 g/mol. The molecule has 0 spiro atoms. The van der Waals surface area contributed by atoms with E-state index in [1.165, 1.54) is 0 Å². The first-order chi connectivity index (χ1) is 5.07. The largest absolute Gasteiger partial charge is 0.412 e. The van der Waals surface area contributed by atoms with Gasteiger partial charge < -0.3 is 15.7 Å². The van der Waals surface area contributed by atoms with Gasteiger partial charge in [0.15, 0.2) is 0 Å². The maximum absolute atomic E-state index is 9.99. The van der Waals surface area contributed by atoms with E-state index in [0.717, 1.165) is 0 Å². The molecule has 0 saturated carbocycles. The van der Waals surface area contributed by atoms with E-state index in [0.29, 0.717) is 0 Å². The smallest absolute Gasteiger partial charge is 0.295 e. The molecule has 0 aromatic heterocycles. The molecule has 9 nitrogen and oxygen atoms in total. The van der Waals surface area contributed by atoms with Gasteiger partial charge in [0.2, 0.25) is 10.9 Å². The summed E-state index contributed by atoms with van der Waals surface area (Å²) in [4.78, 5) is 0. The second-order valence-corrected chi connectivity index (χ2v) is 4.84. The van der Waals surface area contributed by atoms with Crippen molar-refractivity contribution in [3.05, 3.63) is 0 Å². The maximum Gasteiger partial charge on any atom is 0.295 e. The van der Waals surface area contributed by atoms with Crippen LogP contribution in [-0.2, 0) is 20.2 Å². The molecule has 0 amide bonds. The molecule has 13 heteroatoms. The van der Waals surface area contributed by atoms with Crippen molar-refractivity contribution in [2.24, 2.45) is 0 Å². The van der Waals surface area contributed by atoms with E-state index in [9.17, 15) is 16.8 Å². The minimum atomic E-state index is -5.12. The summed E-state index contributed by atoms with van der Waals surface area (Å²) in [6, 6.07) is 0. The number of hydrogen-bond acceptors (Lipinski definition) is 6. The van der Waals surface area contributed by atoms with E-state index in [1.807, 2.05) is 0 Å². The quantitative estimate of drug-likeness (QED) is 0.297. The Morgan fingerprint density at radius 2 is 0.867 bits per heavy atom. The molecule has 0 saturated heterocycles. The van der Waals surface area contributed by atoms with E-state index in [1.54, 1.807) is 0 Å². The van der Waals surface area contributed by atoms with Crippen LogP contribution in [0.5, 0.6) is 0 Å². The number of rotatable bonds is 3. The number of aliphatic hydroxyl groups is 2. The Balaban J connectivity index is -0.000000202. The molecule has 0 aromatic rings. The van der Waals surface area contributed by atoms with Crippen LogP contribution >= 0.6 is 0 Å². The molecule has 0 aromatic carbocycles. The monoisotopic (exact) mass is 286 g/mol. The summed E-state index contributed by atoms with van der Waals surface area (Å²) in [6.45, 7) is 0. The van der Waals surface area contributed by atoms with Gasteiger partial charge >= 0.3 is 0 Å². The van der Waals surface area contributed by atoms with Crippen LogP contribution in [0.25, 0.3) is 0 Å². The summed E-state index contributed by atoms with van der Waals surface area (Å²) in [6.07, 6.45) is 0. The maximum atomic E-state index is 9.99. The van der Waals surface area contributed by atoms with Gasteiger partial charge in [-0.05, 0) is 0 Å². The van der Waals surface area contributed by atoms with E-state index >= 15 is 0 Å². The summed E-state index contributed by atoms with van der Waals surface area (Å²) in [5.41, 5.74) is -5.96. The Morgan fingerprint density at radius 1 is 0.733 bits per heavy atom. The van der Waals surface area contributed by atoms with E-state index in [-0.39, 0.29) is 64.6 Å². The molecule has 15 heavy (non-hydrogen) atoms. The molecule has 2 unspecified atom stereocenters. The molecule has 84 valence electrons. The molecule has 0 heterocycles. The van der Waals surface area contributed by atoms with Crippen molar-refractivity contribution in [3.8, 4) is 0 Å². The number of aliphatic hydroxyl groups excluding tert-OH is 2. The van der Waals surface area contributed by atoms with Crippen molar-refractivity contribution < 1.29 is 41.6 Å². The standard InChI is InChI=1S/C2H6O8S2.2Na.H2O/c3-1(11(5,6)7)2(4)12(8,9)10;;;/h1-4H,(H,5,6,7)(H,8,9,10);;;1H2. The third-order valence-corrected chi connectivity index (χ3v) is 2.76. The average Bonchev–Trinajstić information content (AvgIpc) is 1.80. The molecule has 0 bridgehead atoms. The van der Waals surface area contributed by atoms with Crippen LogP contribution in [0.15, 0.2) is 0 Å². The predicted molar refractivity (Wildman–Crippen MR) is 50.2 cm³/mol. The van der Waals surface area contributed by atoms with Gasteiger partial charge in [0, 0.05) is 59.1 Å². The molecule has 0 aliphatic carbocycles. The molecule has 0 fully saturated rings. The predicted octanol–water partition coefficient (Wildman–Crippen LogP) is -4.19. The zero-order valence-electron chi connectivity index (χ0n) is 7.89. The fourth-order valence-electron chi connectivity index (χ4n) is 0.294. The molecule has 6 N–H and O–H groups in total. The zero-order chi connectivity index (χ0) is 10.2. The first-order valence-corrected chi connectivity index (χ1v) is 5.36. The van der Waals surface area contributed by atoms with Crippen LogP contribution < -0.4 is 0 Å². The molecule has 0 aliphatic rings. The molecule has 2 atom stereocenters. The van der Waals surface area contributed by atoms with Gasteiger partial charge in [-0.3, -0.25) is 9.11 Å². The Hall–Kier alpha value is 1.70. The van der Waals surface area contributed by atoms with Gasteiger partial charge in [-0.15, -0.1) is 0 Å². The fourth-order valence-corrected chi connectivity index (χ4v) is 1.73. The Kier molecular flexibility index (Phi) is 14.9. The summed E-state index contributed by atoms with van der Waals surface area (Å²) in [7, 11) is -10.2. The van der Waals surface area contributed by atoms with Gasteiger partial charge in [-0.1, -0.05) is 0 Å². The summed E-state index contributed by atoms with van der Waals surface area (Å²) in [5.74, 6) is 0. The molecule has 0 rings (SSSR count). The first kappa shape index (κ1) is 25.5. The van der Waals surface area contributed by atoms with Crippen LogP contribution in [-0.4, -0.2) is 112 Å². The molecular formula is C2H8Na2O9S2. The van der Waals surface area contributed by atoms with Crippen molar-refractivity contribution in [1.82, 2.24) is 0 Å². The Bertz CT molecular complexity index is 308. The van der Waals surface area contributed by atoms with Crippen molar-refractivity contribution >= 4 is 79.4 Å². The van der Waals surface area contributed by atoms with Crippen molar-refractivity contribution in [3.63, 3.8) is 0 Å². The second-order valence-electron chi connectivity index (χ2n) is 1.81. The van der Waals surface area contributed by atoms with Crippen LogP contribution in [0.2, 0.25) is 0 Å². The van der Waals surface area contributed by atoms with Crippen LogP contribution in [0.3, 0.4) is 0 Å². The van der Waals surface area contributed by atoms with Gasteiger partial charge in [0.1, 0.15) is 0 Å². The zero-order valence-corrected chi connectivity index (χ0v) is 13.5. The van der Waals surface area contributed by atoms with Gasteiger partial charge in [0.25, 0.3) is 20.2 Å². The number of hydrogen-bond donors (Lipinski definition) is 4. The topological polar surface area (TPSA) is 181 Å². The Labute approximate surface area is 130 Å². The molecular weight excluding hydrogens is 278 g/mol. The minimum absolute atomic E-state index is 0. The van der Waals surface area contributed by atoms with Gasteiger partial charge in [0.05, 0.1) is 0 Å². The van der Waals surface area contributed by atoms with Crippen LogP contribution in [0.4, 0.5) is 0 Å². The van der Waals surface area contributed by atoms with E-state index < -0.39 is 31.1 Å². The van der Waals surface area contributed by atoms with Crippen LogP contribution in [0.1, 0.15) is 0 Å². The Morgan fingerprint density at radius 3 is 0.933 bits per heavy atom. The normalized spacial score (nSPS) is 14.9. The fraction of sp³-hybridized carbons (Fsp3) is 1.00. The van der Waals surface area contributed by atoms with Crippen molar-refractivity contribution in [2.75, 3.05) is 0 Å². The van der Waals surface area contributed by atoms with E-state index in [4.69, 9.17) is 19.3 Å². The summed E-state index contributed by atoms with van der Waals surface area (Å²) in [5, 5.41) is 16.7. The first-order valence-electron chi connectivity index (χ1n) is 2.35. The summed E-state index contributed by atoms with van der Waals surface area (Å²) >= 11 is 0. The third-order valence-electron chi connectivity index (χ3n) is 0.854.